The molecule has 14 heteroatoms. The minimum Gasteiger partial charge on any atom is -0.457 e. The first kappa shape index (κ1) is 51.4. The second-order valence-electron chi connectivity index (χ2n) is 15.2. The predicted molar refractivity (Wildman–Crippen MR) is 215 cm³/mol. The Morgan fingerprint density at radius 1 is 0.579 bits per heavy atom. The summed E-state index contributed by atoms with van der Waals surface area (Å²) in [7, 11) is 0. The van der Waals surface area contributed by atoms with E-state index < -0.39 is 86.7 Å². The van der Waals surface area contributed by atoms with Crippen LogP contribution in [0.25, 0.3) is 0 Å². The van der Waals surface area contributed by atoms with Gasteiger partial charge in [-0.05, 0) is 51.4 Å². The van der Waals surface area contributed by atoms with E-state index in [0.29, 0.717) is 13.0 Å². The zero-order valence-electron chi connectivity index (χ0n) is 34.6. The lowest BCUT2D eigenvalue weighted by Gasteiger charge is -2.42. The van der Waals surface area contributed by atoms with Gasteiger partial charge in [-0.2, -0.15) is 0 Å². The molecule has 0 amide bonds. The highest BCUT2D eigenvalue weighted by atomic mass is 16.7. The third kappa shape index (κ3) is 21.3. The summed E-state index contributed by atoms with van der Waals surface area (Å²) in [6.45, 7) is 3.24. The molecule has 0 aromatic heterocycles. The Hall–Kier alpha value is -1.79. The Morgan fingerprint density at radius 3 is 1.67 bits per heavy atom. The van der Waals surface area contributed by atoms with E-state index >= 15 is 0 Å². The summed E-state index contributed by atoms with van der Waals surface area (Å²) in [5, 5.41) is 71.2. The summed E-state index contributed by atoms with van der Waals surface area (Å²) in [5.41, 5.74) is 0. The number of rotatable bonds is 32. The van der Waals surface area contributed by atoms with Crippen molar-refractivity contribution in [2.24, 2.45) is 0 Å². The molecule has 0 aliphatic carbocycles. The maximum Gasteiger partial charge on any atom is 0.306 e. The van der Waals surface area contributed by atoms with Gasteiger partial charge in [0.1, 0.15) is 54.9 Å². The van der Waals surface area contributed by atoms with Gasteiger partial charge in [0.05, 0.1) is 26.4 Å². The summed E-state index contributed by atoms with van der Waals surface area (Å²) >= 11 is 0. The maximum atomic E-state index is 12.3. The molecule has 0 aromatic carbocycles. The minimum absolute atomic E-state index is 0.0483. The zero-order valence-corrected chi connectivity index (χ0v) is 34.6. The highest BCUT2D eigenvalue weighted by molar-refractivity contribution is 5.69. The summed E-state index contributed by atoms with van der Waals surface area (Å²) in [6.07, 6.45) is 17.0. The molecule has 14 nitrogen and oxygen atoms in total. The fourth-order valence-corrected chi connectivity index (χ4v) is 6.56. The molecule has 11 atom stereocenters. The molecular weight excluding hydrogens is 740 g/mol. The lowest BCUT2D eigenvalue weighted by atomic mass is 9.98. The van der Waals surface area contributed by atoms with Gasteiger partial charge in [0.25, 0.3) is 0 Å². The molecule has 0 bridgehead atoms. The van der Waals surface area contributed by atoms with Gasteiger partial charge in [0.15, 0.2) is 12.6 Å². The molecule has 0 spiro atoms. The van der Waals surface area contributed by atoms with Gasteiger partial charge in [0.2, 0.25) is 0 Å². The van der Waals surface area contributed by atoms with Gasteiger partial charge in [-0.3, -0.25) is 4.79 Å². The number of carbonyl (C=O) groups excluding carboxylic acids is 1. The van der Waals surface area contributed by atoms with Gasteiger partial charge >= 0.3 is 5.97 Å². The van der Waals surface area contributed by atoms with E-state index in [1.165, 1.54) is 64.2 Å². The van der Waals surface area contributed by atoms with Gasteiger partial charge in [-0.1, -0.05) is 108 Å². The van der Waals surface area contributed by atoms with Gasteiger partial charge < -0.3 is 64.2 Å². The minimum atomic E-state index is -1.70. The molecule has 0 aromatic rings. The van der Waals surface area contributed by atoms with Crippen LogP contribution in [-0.4, -0.2) is 142 Å². The van der Waals surface area contributed by atoms with Crippen LogP contribution in [0.1, 0.15) is 129 Å². The van der Waals surface area contributed by atoms with Crippen LogP contribution in [-0.2, 0) is 33.2 Å². The van der Waals surface area contributed by atoms with Crippen molar-refractivity contribution in [3.8, 4) is 0 Å². The monoisotopic (exact) mass is 817 g/mol. The van der Waals surface area contributed by atoms with E-state index in [9.17, 15) is 40.5 Å². The smallest absolute Gasteiger partial charge is 0.306 e. The number of esters is 1. The number of hydrogen-bond acceptors (Lipinski definition) is 14. The highest BCUT2D eigenvalue weighted by Gasteiger charge is 2.47. The number of ether oxygens (including phenoxy) is 6. The number of aliphatic hydroxyl groups is 7. The summed E-state index contributed by atoms with van der Waals surface area (Å²) < 4.78 is 33.5. The molecule has 7 N–H and O–H groups in total. The van der Waals surface area contributed by atoms with Crippen molar-refractivity contribution in [1.29, 1.82) is 0 Å². The topological polar surface area (TPSA) is 214 Å². The van der Waals surface area contributed by atoms with Crippen molar-refractivity contribution < 1.29 is 69.0 Å². The molecule has 2 aliphatic heterocycles. The Kier molecular flexibility index (Phi) is 28.9. The number of aliphatic hydroxyl groups excluding tert-OH is 7. The van der Waals surface area contributed by atoms with Gasteiger partial charge in [-0.25, -0.2) is 0 Å². The normalized spacial score (nSPS) is 28.9. The number of allylic oxidation sites excluding steroid dienone is 6. The SMILES string of the molecule is CCCCCCC/C=C\C/C=C\C/C=C\CCCCCCCCCOCC(COC1OC(COC2OC(CO)C(O)C(O)C2O)C(O)C(O)C1O)OC(=O)CCC. The van der Waals surface area contributed by atoms with Crippen LogP contribution in [0.5, 0.6) is 0 Å². The van der Waals surface area contributed by atoms with E-state index in [0.717, 1.165) is 38.5 Å². The Morgan fingerprint density at radius 2 is 1.09 bits per heavy atom. The molecule has 2 saturated heterocycles. The summed E-state index contributed by atoms with van der Waals surface area (Å²) in [6, 6.07) is 0. The van der Waals surface area contributed by atoms with Crippen molar-refractivity contribution in [3.05, 3.63) is 36.5 Å². The molecule has 2 aliphatic rings. The van der Waals surface area contributed by atoms with E-state index in [4.69, 9.17) is 28.4 Å². The summed E-state index contributed by atoms with van der Waals surface area (Å²) in [5.74, 6) is -0.435. The largest absolute Gasteiger partial charge is 0.457 e. The second-order valence-corrected chi connectivity index (χ2v) is 15.2. The molecule has 2 fully saturated rings. The molecule has 2 heterocycles. The number of hydrogen-bond donors (Lipinski definition) is 7. The Balaban J connectivity index is 1.61. The lowest BCUT2D eigenvalue weighted by molar-refractivity contribution is -0.332. The zero-order chi connectivity index (χ0) is 41.7. The van der Waals surface area contributed by atoms with E-state index in [2.05, 4.69) is 43.4 Å². The molecule has 0 radical (unpaired) electrons. The first-order chi connectivity index (χ1) is 27.6. The van der Waals surface area contributed by atoms with Crippen LogP contribution in [0.2, 0.25) is 0 Å². The highest BCUT2D eigenvalue weighted by Crippen LogP contribution is 2.26. The van der Waals surface area contributed by atoms with Crippen molar-refractivity contribution in [1.82, 2.24) is 0 Å². The fourth-order valence-electron chi connectivity index (χ4n) is 6.56. The van der Waals surface area contributed by atoms with Crippen LogP contribution in [0.3, 0.4) is 0 Å². The van der Waals surface area contributed by atoms with Crippen LogP contribution in [0.15, 0.2) is 36.5 Å². The third-order valence-corrected chi connectivity index (χ3v) is 10.1. The Labute approximate surface area is 340 Å². The molecule has 57 heavy (non-hydrogen) atoms. The number of unbranched alkanes of at least 4 members (excludes halogenated alkanes) is 12. The molecular formula is C43H76O14. The van der Waals surface area contributed by atoms with Crippen LogP contribution >= 0.6 is 0 Å². The van der Waals surface area contributed by atoms with Crippen molar-refractivity contribution >= 4 is 5.97 Å². The van der Waals surface area contributed by atoms with Gasteiger partial charge in [-0.15, -0.1) is 0 Å². The lowest BCUT2D eigenvalue weighted by Crippen LogP contribution is -2.61. The quantitative estimate of drug-likeness (QED) is 0.0287. The maximum absolute atomic E-state index is 12.3. The first-order valence-corrected chi connectivity index (χ1v) is 21.6. The average Bonchev–Trinajstić information content (AvgIpc) is 3.20. The van der Waals surface area contributed by atoms with Crippen LogP contribution in [0, 0.1) is 0 Å². The van der Waals surface area contributed by atoms with Crippen molar-refractivity contribution in [2.45, 2.75) is 197 Å². The van der Waals surface area contributed by atoms with E-state index in [-0.39, 0.29) is 19.6 Å². The third-order valence-electron chi connectivity index (χ3n) is 10.1. The molecule has 11 unspecified atom stereocenters. The molecule has 0 saturated carbocycles. The summed E-state index contributed by atoms with van der Waals surface area (Å²) in [4.78, 5) is 12.3. The first-order valence-electron chi connectivity index (χ1n) is 21.6. The van der Waals surface area contributed by atoms with Gasteiger partial charge in [0, 0.05) is 13.0 Å². The van der Waals surface area contributed by atoms with Crippen LogP contribution in [0.4, 0.5) is 0 Å². The predicted octanol–water partition coefficient (Wildman–Crippen LogP) is 4.29. The standard InChI is InChI=1S/C43H76O14/c1-3-5-6-7-8-9-10-11-12-13-14-15-16-17-18-19-20-21-22-23-24-25-27-52-29-32(55-35(45)26-4-2)30-53-42-41(51)39(49)37(47)34(57-42)31-54-43-40(50)38(48)36(46)33(28-44)56-43/h10-11,13-14,16-17,32-34,36-44,46-51H,3-9,12,15,18-31H2,1-2H3/b11-10-,14-13-,17-16-. The Bertz CT molecular complexity index is 1090. The fraction of sp³-hybridized carbons (Fsp3) is 0.837. The average molecular weight is 817 g/mol. The second kappa shape index (κ2) is 32.0. The van der Waals surface area contributed by atoms with Crippen molar-refractivity contribution in [2.75, 3.05) is 33.0 Å². The van der Waals surface area contributed by atoms with E-state index in [1.54, 1.807) is 0 Å². The molecule has 2 rings (SSSR count). The molecule has 332 valence electrons. The van der Waals surface area contributed by atoms with E-state index in [1.807, 2.05) is 6.92 Å². The number of carbonyl (C=O) groups is 1. The van der Waals surface area contributed by atoms with Crippen LogP contribution < -0.4 is 0 Å². The van der Waals surface area contributed by atoms with Crippen molar-refractivity contribution in [3.63, 3.8) is 0 Å².